The second-order valence-electron chi connectivity index (χ2n) is 2.43. The van der Waals surface area contributed by atoms with E-state index in [4.69, 9.17) is 5.73 Å². The maximum Gasteiger partial charge on any atom is 0.130 e. The molecule has 0 aliphatic rings. The Bertz CT molecular complexity index is 257. The van der Waals surface area contributed by atoms with E-state index in [1.165, 1.54) is 0 Å². The maximum atomic E-state index is 5.65. The van der Waals surface area contributed by atoms with Gasteiger partial charge in [-0.25, -0.2) is 4.98 Å². The van der Waals surface area contributed by atoms with Crippen molar-refractivity contribution in [2.75, 3.05) is 5.73 Å². The molecular formula is C9H12N2. The zero-order chi connectivity index (χ0) is 8.27. The molecule has 11 heavy (non-hydrogen) atoms. The quantitative estimate of drug-likeness (QED) is 0.661. The SMILES string of the molecule is C/C=C\c1c(C)ccnc1N. The number of allylic oxidation sites excluding steroid dienone is 1. The number of hydrogen-bond donors (Lipinski definition) is 1. The Hall–Kier alpha value is -1.31. The minimum atomic E-state index is 0.600. The van der Waals surface area contributed by atoms with Crippen LogP contribution in [0, 0.1) is 6.92 Å². The van der Waals surface area contributed by atoms with Crippen LogP contribution >= 0.6 is 0 Å². The summed E-state index contributed by atoms with van der Waals surface area (Å²) >= 11 is 0. The van der Waals surface area contributed by atoms with E-state index in [1.54, 1.807) is 6.20 Å². The van der Waals surface area contributed by atoms with E-state index in [0.717, 1.165) is 11.1 Å². The molecule has 0 fully saturated rings. The summed E-state index contributed by atoms with van der Waals surface area (Å²) in [4.78, 5) is 3.99. The third-order valence-corrected chi connectivity index (χ3v) is 1.57. The smallest absolute Gasteiger partial charge is 0.130 e. The molecule has 0 aliphatic carbocycles. The highest BCUT2D eigenvalue weighted by molar-refractivity contribution is 5.63. The monoisotopic (exact) mass is 148 g/mol. The van der Waals surface area contributed by atoms with Crippen LogP contribution in [0.5, 0.6) is 0 Å². The molecule has 2 nitrogen and oxygen atoms in total. The molecule has 0 radical (unpaired) electrons. The van der Waals surface area contributed by atoms with E-state index in [-0.39, 0.29) is 0 Å². The minimum absolute atomic E-state index is 0.600. The molecule has 0 amide bonds. The number of aromatic nitrogens is 1. The zero-order valence-electron chi connectivity index (χ0n) is 6.83. The molecule has 0 saturated heterocycles. The van der Waals surface area contributed by atoms with Gasteiger partial charge in [-0.3, -0.25) is 0 Å². The van der Waals surface area contributed by atoms with Crippen LogP contribution in [0.4, 0.5) is 5.82 Å². The third kappa shape index (κ3) is 1.58. The van der Waals surface area contributed by atoms with Crippen LogP contribution < -0.4 is 5.73 Å². The Morgan fingerprint density at radius 2 is 2.27 bits per heavy atom. The summed E-state index contributed by atoms with van der Waals surface area (Å²) in [5.41, 5.74) is 7.83. The van der Waals surface area contributed by atoms with Crippen LogP contribution in [0.2, 0.25) is 0 Å². The lowest BCUT2D eigenvalue weighted by molar-refractivity contribution is 1.28. The number of nitrogen functional groups attached to an aromatic ring is 1. The first-order valence-corrected chi connectivity index (χ1v) is 3.59. The first kappa shape index (κ1) is 7.79. The molecule has 0 bridgehead atoms. The first-order valence-electron chi connectivity index (χ1n) is 3.59. The topological polar surface area (TPSA) is 38.9 Å². The summed E-state index contributed by atoms with van der Waals surface area (Å²) in [6.45, 7) is 3.99. The fraction of sp³-hybridized carbons (Fsp3) is 0.222. The van der Waals surface area contributed by atoms with Crippen LogP contribution in [-0.4, -0.2) is 4.98 Å². The molecule has 0 spiro atoms. The Kier molecular flexibility index (Phi) is 2.26. The molecule has 1 heterocycles. The van der Waals surface area contributed by atoms with Gasteiger partial charge in [0.25, 0.3) is 0 Å². The molecule has 58 valence electrons. The lowest BCUT2D eigenvalue weighted by Gasteiger charge is -2.01. The number of hydrogen-bond acceptors (Lipinski definition) is 2. The van der Waals surface area contributed by atoms with E-state index < -0.39 is 0 Å². The van der Waals surface area contributed by atoms with E-state index in [9.17, 15) is 0 Å². The fourth-order valence-electron chi connectivity index (χ4n) is 0.974. The standard InChI is InChI=1S/C9H12N2/c1-3-4-8-7(2)5-6-11-9(8)10/h3-6H,1-2H3,(H2,10,11)/b4-3-. The van der Waals surface area contributed by atoms with E-state index >= 15 is 0 Å². The number of aryl methyl sites for hydroxylation is 1. The number of nitrogens with zero attached hydrogens (tertiary/aromatic N) is 1. The van der Waals surface area contributed by atoms with Crippen LogP contribution in [0.1, 0.15) is 18.1 Å². The Morgan fingerprint density at radius 1 is 1.55 bits per heavy atom. The summed E-state index contributed by atoms with van der Waals surface area (Å²) in [7, 11) is 0. The third-order valence-electron chi connectivity index (χ3n) is 1.57. The summed E-state index contributed by atoms with van der Waals surface area (Å²) < 4.78 is 0. The Morgan fingerprint density at radius 3 is 2.82 bits per heavy atom. The lowest BCUT2D eigenvalue weighted by Crippen LogP contribution is -1.94. The van der Waals surface area contributed by atoms with Crippen molar-refractivity contribution in [3.63, 3.8) is 0 Å². The van der Waals surface area contributed by atoms with Gasteiger partial charge in [0.15, 0.2) is 0 Å². The molecule has 1 rings (SSSR count). The molecule has 0 unspecified atom stereocenters. The van der Waals surface area contributed by atoms with Crippen molar-refractivity contribution in [3.05, 3.63) is 29.5 Å². The van der Waals surface area contributed by atoms with Crippen LogP contribution in [0.15, 0.2) is 18.3 Å². The van der Waals surface area contributed by atoms with Gasteiger partial charge in [-0.1, -0.05) is 12.2 Å². The largest absolute Gasteiger partial charge is 0.383 e. The highest BCUT2D eigenvalue weighted by atomic mass is 14.8. The number of pyridine rings is 1. The molecule has 0 atom stereocenters. The Balaban J connectivity index is 3.20. The van der Waals surface area contributed by atoms with Crippen molar-refractivity contribution >= 4 is 11.9 Å². The maximum absolute atomic E-state index is 5.65. The van der Waals surface area contributed by atoms with Crippen LogP contribution in [0.3, 0.4) is 0 Å². The fourth-order valence-corrected chi connectivity index (χ4v) is 0.974. The first-order chi connectivity index (χ1) is 5.25. The highest BCUT2D eigenvalue weighted by Gasteiger charge is 1.97. The van der Waals surface area contributed by atoms with Crippen molar-refractivity contribution in [1.29, 1.82) is 0 Å². The molecule has 1 aromatic heterocycles. The van der Waals surface area contributed by atoms with Gasteiger partial charge in [0, 0.05) is 11.8 Å². The van der Waals surface area contributed by atoms with Gasteiger partial charge in [0.05, 0.1) is 0 Å². The molecule has 0 saturated carbocycles. The van der Waals surface area contributed by atoms with Gasteiger partial charge in [-0.15, -0.1) is 0 Å². The van der Waals surface area contributed by atoms with Crippen molar-refractivity contribution in [2.45, 2.75) is 13.8 Å². The zero-order valence-corrected chi connectivity index (χ0v) is 6.83. The van der Waals surface area contributed by atoms with Gasteiger partial charge in [-0.05, 0) is 25.5 Å². The van der Waals surface area contributed by atoms with Crippen molar-refractivity contribution in [2.24, 2.45) is 0 Å². The van der Waals surface area contributed by atoms with Crippen LogP contribution in [0.25, 0.3) is 6.08 Å². The molecule has 2 N–H and O–H groups in total. The Labute approximate surface area is 66.8 Å². The van der Waals surface area contributed by atoms with E-state index in [0.29, 0.717) is 5.82 Å². The highest BCUT2D eigenvalue weighted by Crippen LogP contribution is 2.14. The number of rotatable bonds is 1. The van der Waals surface area contributed by atoms with Gasteiger partial charge >= 0.3 is 0 Å². The van der Waals surface area contributed by atoms with E-state index in [1.807, 2.05) is 32.1 Å². The predicted molar refractivity (Wildman–Crippen MR) is 48.1 cm³/mol. The van der Waals surface area contributed by atoms with Crippen molar-refractivity contribution < 1.29 is 0 Å². The van der Waals surface area contributed by atoms with Crippen molar-refractivity contribution in [1.82, 2.24) is 4.98 Å². The van der Waals surface area contributed by atoms with Gasteiger partial charge in [0.1, 0.15) is 5.82 Å². The average molecular weight is 148 g/mol. The summed E-state index contributed by atoms with van der Waals surface area (Å²) in [6, 6.07) is 1.95. The molecule has 1 aromatic rings. The van der Waals surface area contributed by atoms with Gasteiger partial charge in [0.2, 0.25) is 0 Å². The summed E-state index contributed by atoms with van der Waals surface area (Å²) in [5, 5.41) is 0. The van der Waals surface area contributed by atoms with Gasteiger partial charge in [-0.2, -0.15) is 0 Å². The summed E-state index contributed by atoms with van der Waals surface area (Å²) in [6.07, 6.45) is 5.65. The molecule has 2 heteroatoms. The predicted octanol–water partition coefficient (Wildman–Crippen LogP) is 2.01. The van der Waals surface area contributed by atoms with Gasteiger partial charge < -0.3 is 5.73 Å². The second-order valence-corrected chi connectivity index (χ2v) is 2.43. The summed E-state index contributed by atoms with van der Waals surface area (Å²) in [5.74, 6) is 0.600. The molecular weight excluding hydrogens is 136 g/mol. The number of nitrogens with two attached hydrogens (primary N) is 1. The second kappa shape index (κ2) is 3.19. The average Bonchev–Trinajstić information content (AvgIpc) is 1.97. The lowest BCUT2D eigenvalue weighted by atomic mass is 10.1. The molecule has 0 aliphatic heterocycles. The minimum Gasteiger partial charge on any atom is -0.383 e. The molecule has 0 aromatic carbocycles. The van der Waals surface area contributed by atoms with E-state index in [2.05, 4.69) is 4.98 Å². The van der Waals surface area contributed by atoms with Crippen molar-refractivity contribution in [3.8, 4) is 0 Å². The number of anilines is 1. The van der Waals surface area contributed by atoms with Crippen LogP contribution in [-0.2, 0) is 0 Å². The normalized spacial score (nSPS) is 10.7.